The molecule has 1 amide bonds. The van der Waals surface area contributed by atoms with Crippen LogP contribution >= 0.6 is 0 Å². The minimum absolute atomic E-state index is 0.0593. The Hall–Kier alpha value is -2.87. The molecule has 142 valence electrons. The first-order chi connectivity index (χ1) is 13.1. The van der Waals surface area contributed by atoms with E-state index >= 15 is 0 Å². The van der Waals surface area contributed by atoms with Crippen LogP contribution in [0.15, 0.2) is 30.5 Å². The predicted octanol–water partition coefficient (Wildman–Crippen LogP) is 1.41. The van der Waals surface area contributed by atoms with Crippen molar-refractivity contribution in [3.8, 4) is 11.5 Å². The monoisotopic (exact) mass is 370 g/mol. The topological polar surface area (TPSA) is 77.0 Å². The van der Waals surface area contributed by atoms with Crippen molar-refractivity contribution in [2.24, 2.45) is 0 Å². The second-order valence-corrected chi connectivity index (χ2v) is 6.74. The van der Waals surface area contributed by atoms with Gasteiger partial charge in [0.2, 0.25) is 18.6 Å². The van der Waals surface area contributed by atoms with E-state index in [-0.39, 0.29) is 18.8 Å². The number of hydrogen-bond acceptors (Lipinski definition) is 7. The van der Waals surface area contributed by atoms with Crippen LogP contribution in [0.3, 0.4) is 0 Å². The summed E-state index contributed by atoms with van der Waals surface area (Å²) in [7, 11) is 3.78. The van der Waals surface area contributed by atoms with Crippen LogP contribution in [0.25, 0.3) is 0 Å². The molecule has 2 aliphatic rings. The van der Waals surface area contributed by atoms with Crippen LogP contribution in [0, 0.1) is 0 Å². The second kappa shape index (κ2) is 7.40. The molecule has 1 atom stereocenters. The first kappa shape index (κ1) is 17.5. The van der Waals surface area contributed by atoms with Crippen molar-refractivity contribution in [3.63, 3.8) is 0 Å². The fraction of sp³-hybridized carbons (Fsp3) is 0.421. The number of morpholine rings is 1. The summed E-state index contributed by atoms with van der Waals surface area (Å²) < 4.78 is 16.6. The molecule has 0 N–H and O–H groups in total. The average molecular weight is 370 g/mol. The van der Waals surface area contributed by atoms with E-state index in [0.29, 0.717) is 37.8 Å². The molecule has 8 heteroatoms. The number of carbonyl (C=O) groups is 1. The van der Waals surface area contributed by atoms with Gasteiger partial charge in [0.25, 0.3) is 0 Å². The van der Waals surface area contributed by atoms with Crippen molar-refractivity contribution in [2.75, 3.05) is 45.5 Å². The highest BCUT2D eigenvalue weighted by Gasteiger charge is 2.27. The molecule has 8 nitrogen and oxygen atoms in total. The number of anilines is 1. The zero-order valence-corrected chi connectivity index (χ0v) is 15.4. The summed E-state index contributed by atoms with van der Waals surface area (Å²) in [6.45, 7) is 1.77. The summed E-state index contributed by atoms with van der Waals surface area (Å²) in [6.07, 6.45) is 1.78. The highest BCUT2D eigenvalue weighted by Crippen LogP contribution is 2.32. The summed E-state index contributed by atoms with van der Waals surface area (Å²) in [5.74, 6) is 2.10. The summed E-state index contributed by atoms with van der Waals surface area (Å²) >= 11 is 0. The Bertz CT molecular complexity index is 842. The van der Waals surface area contributed by atoms with Crippen LogP contribution < -0.4 is 14.4 Å². The first-order valence-corrected chi connectivity index (χ1v) is 8.88. The maximum absolute atomic E-state index is 12.8. The Kier molecular flexibility index (Phi) is 4.81. The van der Waals surface area contributed by atoms with E-state index in [1.807, 2.05) is 48.2 Å². The molecule has 0 saturated carbocycles. The van der Waals surface area contributed by atoms with E-state index in [9.17, 15) is 4.79 Å². The molecule has 1 saturated heterocycles. The van der Waals surface area contributed by atoms with Crippen molar-refractivity contribution < 1.29 is 19.0 Å². The molecule has 3 heterocycles. The molecule has 4 rings (SSSR count). The van der Waals surface area contributed by atoms with Gasteiger partial charge < -0.3 is 24.0 Å². The number of carbonyl (C=O) groups excluding carboxylic acids is 1. The molecule has 1 unspecified atom stereocenters. The third kappa shape index (κ3) is 3.80. The number of benzene rings is 1. The molecule has 27 heavy (non-hydrogen) atoms. The van der Waals surface area contributed by atoms with Crippen molar-refractivity contribution >= 4 is 11.9 Å². The lowest BCUT2D eigenvalue weighted by Gasteiger charge is -2.33. The van der Waals surface area contributed by atoms with Crippen LogP contribution in [0.2, 0.25) is 0 Å². The van der Waals surface area contributed by atoms with Crippen LogP contribution in [0.1, 0.15) is 17.4 Å². The highest BCUT2D eigenvalue weighted by molar-refractivity contribution is 5.79. The maximum atomic E-state index is 12.8. The van der Waals surface area contributed by atoms with Gasteiger partial charge in [-0.2, -0.15) is 0 Å². The SMILES string of the molecule is CN(C)c1nccc(C2CN(C(=O)Cc3ccc4c(c3)OCO4)CCO2)n1. The number of hydrogen-bond donors (Lipinski definition) is 0. The van der Waals surface area contributed by atoms with E-state index in [0.717, 1.165) is 17.0 Å². The molecule has 2 aliphatic heterocycles. The van der Waals surface area contributed by atoms with Gasteiger partial charge in [-0.15, -0.1) is 0 Å². The van der Waals surface area contributed by atoms with Crippen LogP contribution in [-0.2, 0) is 16.0 Å². The van der Waals surface area contributed by atoms with E-state index < -0.39 is 0 Å². The lowest BCUT2D eigenvalue weighted by molar-refractivity contribution is -0.138. The minimum Gasteiger partial charge on any atom is -0.454 e. The number of rotatable bonds is 4. The van der Waals surface area contributed by atoms with Gasteiger partial charge in [-0.25, -0.2) is 9.97 Å². The van der Waals surface area contributed by atoms with Crippen molar-refractivity contribution in [1.29, 1.82) is 0 Å². The van der Waals surface area contributed by atoms with E-state index in [1.165, 1.54) is 0 Å². The molecule has 0 bridgehead atoms. The molecule has 1 aromatic heterocycles. The zero-order chi connectivity index (χ0) is 18.8. The van der Waals surface area contributed by atoms with Crippen molar-refractivity contribution in [1.82, 2.24) is 14.9 Å². The fourth-order valence-corrected chi connectivity index (χ4v) is 3.15. The smallest absolute Gasteiger partial charge is 0.231 e. The lowest BCUT2D eigenvalue weighted by Crippen LogP contribution is -2.43. The second-order valence-electron chi connectivity index (χ2n) is 6.74. The number of aromatic nitrogens is 2. The van der Waals surface area contributed by atoms with E-state index in [1.54, 1.807) is 6.20 Å². The highest BCUT2D eigenvalue weighted by atomic mass is 16.7. The van der Waals surface area contributed by atoms with Gasteiger partial charge in [-0.1, -0.05) is 6.07 Å². The molecule has 1 fully saturated rings. The number of nitrogens with zero attached hydrogens (tertiary/aromatic N) is 4. The summed E-state index contributed by atoms with van der Waals surface area (Å²) in [6, 6.07) is 7.45. The lowest BCUT2D eigenvalue weighted by atomic mass is 10.1. The molecule has 0 aliphatic carbocycles. The Morgan fingerprint density at radius 1 is 1.26 bits per heavy atom. The standard InChI is InChI=1S/C19H22N4O4/c1-22(2)19-20-6-5-14(21-19)17-11-23(7-8-25-17)18(24)10-13-3-4-15-16(9-13)27-12-26-15/h3-6,9,17H,7-8,10-12H2,1-2H3. The van der Waals surface area contributed by atoms with Gasteiger partial charge in [0.1, 0.15) is 6.10 Å². The Labute approximate surface area is 157 Å². The maximum Gasteiger partial charge on any atom is 0.231 e. The van der Waals surface area contributed by atoms with Gasteiger partial charge in [0.05, 0.1) is 25.3 Å². The number of ether oxygens (including phenoxy) is 3. The van der Waals surface area contributed by atoms with Crippen molar-refractivity contribution in [3.05, 3.63) is 41.7 Å². The fourth-order valence-electron chi connectivity index (χ4n) is 3.15. The van der Waals surface area contributed by atoms with Crippen LogP contribution in [0.5, 0.6) is 11.5 Å². The van der Waals surface area contributed by atoms with Gasteiger partial charge in [0.15, 0.2) is 11.5 Å². The normalized spacial score (nSPS) is 18.4. The quantitative estimate of drug-likeness (QED) is 0.805. The van der Waals surface area contributed by atoms with E-state index in [2.05, 4.69) is 9.97 Å². The Morgan fingerprint density at radius 2 is 2.11 bits per heavy atom. The first-order valence-electron chi connectivity index (χ1n) is 8.88. The molecular weight excluding hydrogens is 348 g/mol. The summed E-state index contributed by atoms with van der Waals surface area (Å²) in [5.41, 5.74) is 1.69. The Balaban J connectivity index is 1.43. The Morgan fingerprint density at radius 3 is 2.96 bits per heavy atom. The minimum atomic E-state index is -0.249. The third-order valence-electron chi connectivity index (χ3n) is 4.61. The molecule has 0 spiro atoms. The largest absolute Gasteiger partial charge is 0.454 e. The van der Waals surface area contributed by atoms with Gasteiger partial charge in [-0.05, 0) is 23.8 Å². The van der Waals surface area contributed by atoms with Gasteiger partial charge in [0, 0.05) is 26.8 Å². The van der Waals surface area contributed by atoms with E-state index in [4.69, 9.17) is 14.2 Å². The van der Waals surface area contributed by atoms with Crippen LogP contribution in [0.4, 0.5) is 5.95 Å². The predicted molar refractivity (Wildman–Crippen MR) is 97.9 cm³/mol. The zero-order valence-electron chi connectivity index (χ0n) is 15.4. The van der Waals surface area contributed by atoms with Gasteiger partial charge >= 0.3 is 0 Å². The molecule has 0 radical (unpaired) electrons. The average Bonchev–Trinajstić information content (AvgIpc) is 3.16. The summed E-state index contributed by atoms with van der Waals surface area (Å²) in [5, 5.41) is 0. The van der Waals surface area contributed by atoms with Crippen molar-refractivity contribution in [2.45, 2.75) is 12.5 Å². The third-order valence-corrected chi connectivity index (χ3v) is 4.61. The number of fused-ring (bicyclic) bond motifs is 1. The number of amides is 1. The molecular formula is C19H22N4O4. The molecule has 1 aromatic carbocycles. The molecule has 2 aromatic rings. The summed E-state index contributed by atoms with van der Waals surface area (Å²) in [4.78, 5) is 25.2. The van der Waals surface area contributed by atoms with Crippen LogP contribution in [-0.4, -0.2) is 61.4 Å². The van der Waals surface area contributed by atoms with Gasteiger partial charge in [-0.3, -0.25) is 4.79 Å².